The van der Waals surface area contributed by atoms with Crippen molar-refractivity contribution in [2.75, 3.05) is 20.3 Å². The third-order valence-electron chi connectivity index (χ3n) is 4.20. The standard InChI is InChI=1S/C17H22ClNO5/c1-23-14-4-2-12(10-13(14)18)3-5-15(20)19-17(11-16(21)22)6-8-24-9-7-17/h2,4,10H,3,5-9,11H2,1H3,(H,19,20)(H,21,22). The molecule has 0 unspecified atom stereocenters. The van der Waals surface area contributed by atoms with Crippen LogP contribution in [0.5, 0.6) is 5.75 Å². The molecule has 1 aliphatic rings. The Morgan fingerprint density at radius 3 is 2.67 bits per heavy atom. The number of halogens is 1. The molecule has 24 heavy (non-hydrogen) atoms. The number of carbonyl (C=O) groups excluding carboxylic acids is 1. The van der Waals surface area contributed by atoms with Gasteiger partial charge in [-0.15, -0.1) is 0 Å². The van der Waals surface area contributed by atoms with Crippen LogP contribution in [-0.2, 0) is 20.7 Å². The first kappa shape index (κ1) is 18.5. The van der Waals surface area contributed by atoms with Gasteiger partial charge in [0.15, 0.2) is 0 Å². The molecular formula is C17H22ClNO5. The van der Waals surface area contributed by atoms with E-state index in [9.17, 15) is 9.59 Å². The van der Waals surface area contributed by atoms with Crippen LogP contribution in [0.3, 0.4) is 0 Å². The average Bonchev–Trinajstić information content (AvgIpc) is 2.53. The topological polar surface area (TPSA) is 84.9 Å². The van der Waals surface area contributed by atoms with Gasteiger partial charge in [-0.2, -0.15) is 0 Å². The smallest absolute Gasteiger partial charge is 0.305 e. The predicted molar refractivity (Wildman–Crippen MR) is 89.5 cm³/mol. The second-order valence-corrected chi connectivity index (χ2v) is 6.39. The molecule has 0 bridgehead atoms. The van der Waals surface area contributed by atoms with Gasteiger partial charge in [0, 0.05) is 19.6 Å². The van der Waals surface area contributed by atoms with Crippen LogP contribution in [0.4, 0.5) is 0 Å². The van der Waals surface area contributed by atoms with Crippen molar-refractivity contribution < 1.29 is 24.2 Å². The fourth-order valence-corrected chi connectivity index (χ4v) is 3.16. The summed E-state index contributed by atoms with van der Waals surface area (Å²) in [5.41, 5.74) is 0.217. The van der Waals surface area contributed by atoms with E-state index in [1.165, 1.54) is 0 Å². The zero-order valence-electron chi connectivity index (χ0n) is 13.6. The fraction of sp³-hybridized carbons (Fsp3) is 0.529. The van der Waals surface area contributed by atoms with Crippen LogP contribution >= 0.6 is 11.6 Å². The number of carbonyl (C=O) groups is 2. The minimum Gasteiger partial charge on any atom is -0.495 e. The quantitative estimate of drug-likeness (QED) is 0.784. The van der Waals surface area contributed by atoms with Crippen LogP contribution in [0, 0.1) is 0 Å². The summed E-state index contributed by atoms with van der Waals surface area (Å²) in [6.45, 7) is 0.920. The highest BCUT2D eigenvalue weighted by atomic mass is 35.5. The molecule has 0 radical (unpaired) electrons. The SMILES string of the molecule is COc1ccc(CCC(=O)NC2(CC(=O)O)CCOCC2)cc1Cl. The number of hydrogen-bond donors (Lipinski definition) is 2. The van der Waals surface area contributed by atoms with Crippen LogP contribution in [0.15, 0.2) is 18.2 Å². The minimum atomic E-state index is -0.917. The molecule has 7 heteroatoms. The van der Waals surface area contributed by atoms with Crippen molar-refractivity contribution in [3.05, 3.63) is 28.8 Å². The van der Waals surface area contributed by atoms with Crippen LogP contribution in [0.25, 0.3) is 0 Å². The molecule has 0 aromatic heterocycles. The molecule has 1 amide bonds. The monoisotopic (exact) mass is 355 g/mol. The van der Waals surface area contributed by atoms with E-state index in [2.05, 4.69) is 5.32 Å². The molecule has 0 saturated carbocycles. The van der Waals surface area contributed by atoms with Crippen molar-refractivity contribution in [1.29, 1.82) is 0 Å². The lowest BCUT2D eigenvalue weighted by Crippen LogP contribution is -2.53. The molecule has 0 aliphatic carbocycles. The first-order valence-corrected chi connectivity index (χ1v) is 8.25. The maximum absolute atomic E-state index is 12.3. The summed E-state index contributed by atoms with van der Waals surface area (Å²) in [6.07, 6.45) is 1.73. The molecule has 2 rings (SSSR count). The summed E-state index contributed by atoms with van der Waals surface area (Å²) in [4.78, 5) is 23.4. The van der Waals surface area contributed by atoms with Gasteiger partial charge in [0.25, 0.3) is 0 Å². The lowest BCUT2D eigenvalue weighted by molar-refractivity contribution is -0.140. The number of carboxylic acid groups (broad SMARTS) is 1. The second-order valence-electron chi connectivity index (χ2n) is 5.98. The van der Waals surface area contributed by atoms with Crippen molar-refractivity contribution in [1.82, 2.24) is 5.32 Å². The van der Waals surface area contributed by atoms with E-state index >= 15 is 0 Å². The molecule has 6 nitrogen and oxygen atoms in total. The van der Waals surface area contributed by atoms with E-state index in [0.717, 1.165) is 5.56 Å². The fourth-order valence-electron chi connectivity index (χ4n) is 2.88. The summed E-state index contributed by atoms with van der Waals surface area (Å²) in [5, 5.41) is 12.5. The molecule has 1 heterocycles. The highest BCUT2D eigenvalue weighted by molar-refractivity contribution is 6.32. The number of amides is 1. The lowest BCUT2D eigenvalue weighted by Gasteiger charge is -2.36. The van der Waals surface area contributed by atoms with Gasteiger partial charge >= 0.3 is 5.97 Å². The van der Waals surface area contributed by atoms with Gasteiger partial charge in [-0.3, -0.25) is 9.59 Å². The van der Waals surface area contributed by atoms with E-state index in [1.807, 2.05) is 6.07 Å². The number of ether oxygens (including phenoxy) is 2. The molecule has 1 aromatic carbocycles. The van der Waals surface area contributed by atoms with Gasteiger partial charge in [-0.05, 0) is 37.0 Å². The van der Waals surface area contributed by atoms with Crippen LogP contribution in [0.1, 0.15) is 31.2 Å². The molecule has 1 aromatic rings. The van der Waals surface area contributed by atoms with Gasteiger partial charge in [-0.25, -0.2) is 0 Å². The Balaban J connectivity index is 1.93. The number of hydrogen-bond acceptors (Lipinski definition) is 4. The third-order valence-corrected chi connectivity index (χ3v) is 4.50. The van der Waals surface area contributed by atoms with Gasteiger partial charge < -0.3 is 19.9 Å². The number of rotatable bonds is 7. The number of carboxylic acids is 1. The van der Waals surface area contributed by atoms with Crippen molar-refractivity contribution in [2.45, 2.75) is 37.6 Å². The maximum Gasteiger partial charge on any atom is 0.305 e. The van der Waals surface area contributed by atoms with Crippen molar-refractivity contribution in [3.8, 4) is 5.75 Å². The highest BCUT2D eigenvalue weighted by Crippen LogP contribution is 2.26. The summed E-state index contributed by atoms with van der Waals surface area (Å²) < 4.78 is 10.4. The Morgan fingerprint density at radius 1 is 1.38 bits per heavy atom. The van der Waals surface area contributed by atoms with Crippen molar-refractivity contribution >= 4 is 23.5 Å². The van der Waals surface area contributed by atoms with Crippen LogP contribution in [-0.4, -0.2) is 42.8 Å². The molecule has 132 valence electrons. The molecule has 0 atom stereocenters. The van der Waals surface area contributed by atoms with Gasteiger partial charge in [-0.1, -0.05) is 17.7 Å². The zero-order chi connectivity index (χ0) is 17.6. The molecule has 1 fully saturated rings. The molecule has 1 saturated heterocycles. The summed E-state index contributed by atoms with van der Waals surface area (Å²) in [6, 6.07) is 5.40. The van der Waals surface area contributed by atoms with Gasteiger partial charge in [0.05, 0.1) is 24.1 Å². The summed E-state index contributed by atoms with van der Waals surface area (Å²) in [5.74, 6) is -0.489. The van der Waals surface area contributed by atoms with Crippen molar-refractivity contribution in [3.63, 3.8) is 0 Å². The number of aliphatic carboxylic acids is 1. The lowest BCUT2D eigenvalue weighted by atomic mass is 9.86. The van der Waals surface area contributed by atoms with E-state index < -0.39 is 11.5 Å². The average molecular weight is 356 g/mol. The Kier molecular flexibility index (Phi) is 6.45. The molecular weight excluding hydrogens is 334 g/mol. The van der Waals surface area contributed by atoms with Crippen LogP contribution < -0.4 is 10.1 Å². The highest BCUT2D eigenvalue weighted by Gasteiger charge is 2.36. The number of methoxy groups -OCH3 is 1. The zero-order valence-corrected chi connectivity index (χ0v) is 14.4. The van der Waals surface area contributed by atoms with E-state index in [0.29, 0.717) is 43.2 Å². The largest absolute Gasteiger partial charge is 0.495 e. The Morgan fingerprint density at radius 2 is 2.08 bits per heavy atom. The summed E-state index contributed by atoms with van der Waals surface area (Å²) in [7, 11) is 1.55. The third kappa shape index (κ3) is 5.11. The normalized spacial score (nSPS) is 16.4. The molecule has 2 N–H and O–H groups in total. The first-order chi connectivity index (χ1) is 11.4. The van der Waals surface area contributed by atoms with E-state index in [1.54, 1.807) is 19.2 Å². The maximum atomic E-state index is 12.3. The predicted octanol–water partition coefficient (Wildman–Crippen LogP) is 2.42. The Labute approximate surface area is 146 Å². The number of benzene rings is 1. The Bertz CT molecular complexity index is 599. The first-order valence-electron chi connectivity index (χ1n) is 7.87. The van der Waals surface area contributed by atoms with E-state index in [4.69, 9.17) is 26.2 Å². The van der Waals surface area contributed by atoms with Crippen LogP contribution in [0.2, 0.25) is 5.02 Å². The van der Waals surface area contributed by atoms with Gasteiger partial charge in [0.2, 0.25) is 5.91 Å². The number of nitrogens with one attached hydrogen (secondary N) is 1. The molecule has 0 spiro atoms. The van der Waals surface area contributed by atoms with E-state index in [-0.39, 0.29) is 18.7 Å². The van der Waals surface area contributed by atoms with Crippen molar-refractivity contribution in [2.24, 2.45) is 0 Å². The second kappa shape index (κ2) is 8.35. The number of aryl methyl sites for hydroxylation is 1. The summed E-state index contributed by atoms with van der Waals surface area (Å²) >= 11 is 6.08. The Hall–Kier alpha value is -1.79. The molecule has 1 aliphatic heterocycles. The minimum absolute atomic E-state index is 0.0868. The van der Waals surface area contributed by atoms with Gasteiger partial charge in [0.1, 0.15) is 5.75 Å².